The van der Waals surface area contributed by atoms with Gasteiger partial charge in [0.15, 0.2) is 6.10 Å². The van der Waals surface area contributed by atoms with Crippen LogP contribution in [0.4, 0.5) is 13.2 Å². The van der Waals surface area contributed by atoms with E-state index in [9.17, 15) is 23.1 Å². The summed E-state index contributed by atoms with van der Waals surface area (Å²) in [5, 5.41) is 10.5. The Balaban J connectivity index is 1.54. The summed E-state index contributed by atoms with van der Waals surface area (Å²) in [6, 6.07) is 6.80. The molecule has 1 aromatic carbocycles. The number of benzene rings is 1. The molecule has 0 bridgehead atoms. The smallest absolute Gasteiger partial charge is 0.490 e. The molecule has 4 rings (SSSR count). The maximum Gasteiger partial charge on any atom is 0.490 e. The molecule has 0 radical (unpaired) electrons. The fourth-order valence-electron chi connectivity index (χ4n) is 4.38. The van der Waals surface area contributed by atoms with Gasteiger partial charge >= 0.3 is 12.1 Å². The molecule has 0 aliphatic carbocycles. The summed E-state index contributed by atoms with van der Waals surface area (Å²) >= 11 is 13.5. The van der Waals surface area contributed by atoms with Crippen LogP contribution >= 0.6 is 34.5 Å². The number of piperidine rings is 1. The summed E-state index contributed by atoms with van der Waals surface area (Å²) in [5.41, 5.74) is 0.460. The molecule has 0 unspecified atom stereocenters. The van der Waals surface area contributed by atoms with E-state index in [-0.39, 0.29) is 23.4 Å². The van der Waals surface area contributed by atoms with Gasteiger partial charge in [-0.2, -0.15) is 13.2 Å². The zero-order valence-electron chi connectivity index (χ0n) is 16.9. The Hall–Kier alpha value is -1.52. The van der Waals surface area contributed by atoms with Gasteiger partial charge in [-0.1, -0.05) is 35.3 Å². The minimum absolute atomic E-state index is 0.0325. The molecule has 0 amide bonds. The third kappa shape index (κ3) is 4.46. The molecule has 1 fully saturated rings. The quantitative estimate of drug-likeness (QED) is 0.528. The average molecular weight is 510 g/mol. The molecule has 11 heteroatoms. The zero-order chi connectivity index (χ0) is 23.3. The van der Waals surface area contributed by atoms with Crippen LogP contribution in [0.1, 0.15) is 41.9 Å². The topological polar surface area (TPSA) is 59.0 Å². The van der Waals surface area contributed by atoms with Crippen LogP contribution < -0.4 is 0 Å². The van der Waals surface area contributed by atoms with Gasteiger partial charge in [0.2, 0.25) is 0 Å². The number of thiophene rings is 1. The van der Waals surface area contributed by atoms with Gasteiger partial charge in [0.25, 0.3) is 0 Å². The number of halogens is 5. The molecule has 3 atom stereocenters. The molecule has 1 saturated heterocycles. The second kappa shape index (κ2) is 8.68. The summed E-state index contributed by atoms with van der Waals surface area (Å²) < 4.78 is 49.2. The first-order chi connectivity index (χ1) is 15.0. The fourth-order valence-corrected chi connectivity index (χ4v) is 6.05. The summed E-state index contributed by atoms with van der Waals surface area (Å²) in [5.74, 6) is -2.20. The van der Waals surface area contributed by atoms with Crippen molar-refractivity contribution in [1.29, 1.82) is 0 Å². The lowest BCUT2D eigenvalue weighted by molar-refractivity contribution is -0.214. The van der Waals surface area contributed by atoms with Gasteiger partial charge in [0.1, 0.15) is 11.4 Å². The van der Waals surface area contributed by atoms with Crippen molar-refractivity contribution >= 4 is 40.5 Å². The second-order valence-electron chi connectivity index (χ2n) is 8.05. The van der Waals surface area contributed by atoms with E-state index < -0.39 is 23.9 Å². The summed E-state index contributed by atoms with van der Waals surface area (Å²) in [6.45, 7) is 2.96. The number of carbonyl (C=O) groups excluding carboxylic acids is 1. The van der Waals surface area contributed by atoms with Gasteiger partial charge in [-0.05, 0) is 31.9 Å². The fraction of sp³-hybridized carbons (Fsp3) is 0.476. The van der Waals surface area contributed by atoms with Crippen molar-refractivity contribution in [2.45, 2.75) is 50.2 Å². The van der Waals surface area contributed by atoms with Crippen LogP contribution in [0.3, 0.4) is 0 Å². The maximum atomic E-state index is 12.7. The lowest BCUT2D eigenvalue weighted by atomic mass is 9.81. The van der Waals surface area contributed by atoms with Crippen LogP contribution in [0.25, 0.3) is 0 Å². The number of fused-ring (bicyclic) bond motifs is 2. The highest BCUT2D eigenvalue weighted by Gasteiger charge is 2.50. The van der Waals surface area contributed by atoms with Crippen molar-refractivity contribution in [2.75, 3.05) is 13.2 Å². The Labute approximate surface area is 196 Å². The van der Waals surface area contributed by atoms with Gasteiger partial charge in [0, 0.05) is 35.1 Å². The Morgan fingerprint density at radius 1 is 1.41 bits per heavy atom. The minimum atomic E-state index is -5.08. The number of alkyl halides is 3. The molecular weight excluding hydrogens is 490 g/mol. The van der Waals surface area contributed by atoms with Gasteiger partial charge in [-0.3, -0.25) is 4.90 Å². The first kappa shape index (κ1) is 23.6. The first-order valence-corrected chi connectivity index (χ1v) is 11.5. The predicted molar refractivity (Wildman–Crippen MR) is 114 cm³/mol. The zero-order valence-corrected chi connectivity index (χ0v) is 19.2. The number of nitrogens with zero attached hydrogens (tertiary/aromatic N) is 1. The Morgan fingerprint density at radius 2 is 2.16 bits per heavy atom. The van der Waals surface area contributed by atoms with Crippen molar-refractivity contribution in [2.24, 2.45) is 0 Å². The number of carbonyl (C=O) groups is 1. The molecule has 1 aromatic heterocycles. The van der Waals surface area contributed by atoms with Crippen molar-refractivity contribution < 1.29 is 32.5 Å². The molecule has 2 aromatic rings. The van der Waals surface area contributed by atoms with E-state index in [0.717, 1.165) is 0 Å². The molecule has 1 N–H and O–H groups in total. The summed E-state index contributed by atoms with van der Waals surface area (Å²) in [7, 11) is 0. The average Bonchev–Trinajstić information content (AvgIpc) is 3.12. The third-order valence-electron chi connectivity index (χ3n) is 5.98. The number of esters is 1. The number of aromatic hydroxyl groups is 1. The summed E-state index contributed by atoms with van der Waals surface area (Å²) in [4.78, 5) is 14.3. The summed E-state index contributed by atoms with van der Waals surface area (Å²) in [6.07, 6.45) is -5.10. The van der Waals surface area contributed by atoms with Crippen LogP contribution in [0, 0.1) is 0 Å². The van der Waals surface area contributed by atoms with Gasteiger partial charge in [0.05, 0.1) is 16.0 Å². The van der Waals surface area contributed by atoms with Crippen molar-refractivity contribution in [3.63, 3.8) is 0 Å². The number of hydrogen-bond acceptors (Lipinski definition) is 6. The van der Waals surface area contributed by atoms with Crippen molar-refractivity contribution in [3.05, 3.63) is 49.6 Å². The van der Waals surface area contributed by atoms with Crippen LogP contribution in [0.5, 0.6) is 5.75 Å². The molecular formula is C21H20Cl2F3NO4S. The normalized spacial score (nSPS) is 26.2. The van der Waals surface area contributed by atoms with E-state index >= 15 is 0 Å². The Kier molecular flexibility index (Phi) is 6.41. The minimum Gasteiger partial charge on any atom is -0.506 e. The third-order valence-corrected chi connectivity index (χ3v) is 7.75. The van der Waals surface area contributed by atoms with Gasteiger partial charge in [-0.25, -0.2) is 4.79 Å². The molecule has 5 nitrogen and oxygen atoms in total. The van der Waals surface area contributed by atoms with E-state index in [1.54, 1.807) is 18.2 Å². The number of rotatable bonds is 3. The molecule has 32 heavy (non-hydrogen) atoms. The number of ether oxygens (including phenoxy) is 2. The highest BCUT2D eigenvalue weighted by atomic mass is 35.5. The first-order valence-electron chi connectivity index (χ1n) is 9.92. The predicted octanol–water partition coefficient (Wildman–Crippen LogP) is 5.82. The standard InChI is InChI=1S/C21H20Cl2F3NO4S/c1-11-8-20(5-6-27(11)9-12-3-2-4-14(22)17(12)28)18-13(7-16(23)32-18)15(10-30-20)31-19(29)21(24,25)26/h2-4,7,11,15,28H,5-6,8-10H2,1H3/t11-,15-,20+/m0/s1. The van der Waals surface area contributed by atoms with Crippen LogP contribution in [0.2, 0.25) is 9.36 Å². The Bertz CT molecular complexity index is 1030. The highest BCUT2D eigenvalue weighted by molar-refractivity contribution is 7.16. The SMILES string of the molecule is C[C@H]1C[C@@]2(CCN1Cc1cccc(Cl)c1O)OC[C@H](OC(=O)C(F)(F)F)c1cc(Cl)sc12. The lowest BCUT2D eigenvalue weighted by Crippen LogP contribution is -2.50. The van der Waals surface area contributed by atoms with Crippen LogP contribution in [-0.4, -0.2) is 41.3 Å². The maximum absolute atomic E-state index is 12.7. The van der Waals surface area contributed by atoms with Crippen LogP contribution in [0.15, 0.2) is 24.3 Å². The Morgan fingerprint density at radius 3 is 2.84 bits per heavy atom. The largest absolute Gasteiger partial charge is 0.506 e. The molecule has 174 valence electrons. The lowest BCUT2D eigenvalue weighted by Gasteiger charge is -2.48. The monoisotopic (exact) mass is 509 g/mol. The number of phenolic OH excluding ortho intramolecular Hbond substituents is 1. The molecule has 2 aliphatic rings. The van der Waals surface area contributed by atoms with E-state index in [1.165, 1.54) is 11.3 Å². The van der Waals surface area contributed by atoms with Gasteiger partial charge < -0.3 is 14.6 Å². The van der Waals surface area contributed by atoms with E-state index in [2.05, 4.69) is 9.64 Å². The molecule has 0 saturated carbocycles. The molecule has 1 spiro atoms. The van der Waals surface area contributed by atoms with Crippen LogP contribution in [-0.2, 0) is 26.4 Å². The van der Waals surface area contributed by atoms with Crippen molar-refractivity contribution in [3.8, 4) is 5.75 Å². The van der Waals surface area contributed by atoms with E-state index in [0.29, 0.717) is 46.3 Å². The molecule has 2 aliphatic heterocycles. The number of hydrogen-bond donors (Lipinski definition) is 1. The molecule has 3 heterocycles. The van der Waals surface area contributed by atoms with E-state index in [4.69, 9.17) is 27.9 Å². The van der Waals surface area contributed by atoms with E-state index in [1.807, 2.05) is 13.0 Å². The second-order valence-corrected chi connectivity index (χ2v) is 10.1. The number of likely N-dealkylation sites (tertiary alicyclic amines) is 1. The highest BCUT2D eigenvalue weighted by Crippen LogP contribution is 2.51. The number of phenols is 1. The van der Waals surface area contributed by atoms with Gasteiger partial charge in [-0.15, -0.1) is 11.3 Å². The number of para-hydroxylation sites is 1. The van der Waals surface area contributed by atoms with Crippen molar-refractivity contribution in [1.82, 2.24) is 4.90 Å².